The zero-order chi connectivity index (χ0) is 23.3. The number of hydrogen-bond donors (Lipinski definition) is 1. The minimum absolute atomic E-state index is 0.0209. The molecule has 0 saturated heterocycles. The monoisotopic (exact) mass is 518 g/mol. The molecule has 0 aliphatic rings. The number of rotatable bonds is 9. The average Bonchev–Trinajstić information content (AvgIpc) is 3.13. The van der Waals surface area contributed by atoms with Gasteiger partial charge in [-0.2, -0.15) is 8.78 Å². The molecule has 12 heteroatoms. The highest BCUT2D eigenvalue weighted by Gasteiger charge is 2.16. The van der Waals surface area contributed by atoms with E-state index >= 15 is 0 Å². The minimum Gasteiger partial charge on any atom is -0.435 e. The maximum atomic E-state index is 12.4. The van der Waals surface area contributed by atoms with Crippen molar-refractivity contribution in [3.8, 4) is 17.1 Å². The van der Waals surface area contributed by atoms with Crippen LogP contribution >= 0.6 is 46.6 Å². The van der Waals surface area contributed by atoms with E-state index in [1.54, 1.807) is 22.8 Å². The van der Waals surface area contributed by atoms with Crippen molar-refractivity contribution < 1.29 is 18.3 Å². The number of halogens is 5. The Morgan fingerprint density at radius 3 is 2.50 bits per heavy atom. The molecule has 1 heterocycles. The van der Waals surface area contributed by atoms with Gasteiger partial charge in [-0.3, -0.25) is 9.36 Å². The number of hydrogen-bond acceptors (Lipinski definition) is 5. The lowest BCUT2D eigenvalue weighted by atomic mass is 10.2. The summed E-state index contributed by atoms with van der Waals surface area (Å²) < 4.78 is 30.8. The number of alkyl halides is 2. The fourth-order valence-electron chi connectivity index (χ4n) is 2.62. The lowest BCUT2D eigenvalue weighted by Crippen LogP contribution is -2.15. The Bertz CT molecular complexity index is 1130. The molecule has 0 radical (unpaired) electrons. The van der Waals surface area contributed by atoms with Crippen LogP contribution in [0.2, 0.25) is 15.1 Å². The lowest BCUT2D eigenvalue weighted by Gasteiger charge is -2.10. The number of allylic oxidation sites excluding steroid dienone is 1. The van der Waals surface area contributed by atoms with Crippen molar-refractivity contribution in [2.45, 2.75) is 18.3 Å². The van der Waals surface area contributed by atoms with Crippen molar-refractivity contribution in [2.24, 2.45) is 0 Å². The van der Waals surface area contributed by atoms with Crippen LogP contribution in [-0.2, 0) is 11.3 Å². The summed E-state index contributed by atoms with van der Waals surface area (Å²) in [7, 11) is 0. The Labute approximate surface area is 201 Å². The molecule has 0 aliphatic carbocycles. The van der Waals surface area contributed by atoms with E-state index in [9.17, 15) is 13.6 Å². The molecule has 0 bridgehead atoms. The standard InChI is InChI=1S/C20H15Cl3F2N4O2S/c1-2-7-29-18(11-3-5-12(6-4-11)31-19(24)25)27-28-20(29)32-10-17(30)26-16-9-14(22)13(21)8-15(16)23/h2-6,8-9,19H,1,7,10H2,(H,26,30). The molecule has 3 aromatic rings. The van der Waals surface area contributed by atoms with Gasteiger partial charge < -0.3 is 10.1 Å². The van der Waals surface area contributed by atoms with Crippen molar-refractivity contribution in [1.82, 2.24) is 14.8 Å². The number of anilines is 1. The van der Waals surface area contributed by atoms with E-state index in [1.807, 2.05) is 0 Å². The number of carbonyl (C=O) groups excluding carboxylic acids is 1. The van der Waals surface area contributed by atoms with Crippen LogP contribution in [0.15, 0.2) is 54.2 Å². The normalized spacial score (nSPS) is 10.9. The number of benzene rings is 2. The van der Waals surface area contributed by atoms with Gasteiger partial charge in [0, 0.05) is 12.1 Å². The van der Waals surface area contributed by atoms with E-state index in [0.717, 1.165) is 11.8 Å². The Morgan fingerprint density at radius 2 is 1.84 bits per heavy atom. The van der Waals surface area contributed by atoms with Crippen molar-refractivity contribution in [3.05, 3.63) is 64.1 Å². The van der Waals surface area contributed by atoms with Crippen LogP contribution in [0.3, 0.4) is 0 Å². The first-order valence-electron chi connectivity index (χ1n) is 8.95. The van der Waals surface area contributed by atoms with Gasteiger partial charge in [0.1, 0.15) is 5.75 Å². The van der Waals surface area contributed by atoms with Gasteiger partial charge >= 0.3 is 6.61 Å². The first kappa shape index (κ1) is 24.3. The molecule has 0 saturated carbocycles. The van der Waals surface area contributed by atoms with Crippen LogP contribution in [0.4, 0.5) is 14.5 Å². The highest BCUT2D eigenvalue weighted by molar-refractivity contribution is 7.99. The van der Waals surface area contributed by atoms with Crippen molar-refractivity contribution in [1.29, 1.82) is 0 Å². The molecule has 0 spiro atoms. The first-order valence-corrected chi connectivity index (χ1v) is 11.1. The number of nitrogens with zero attached hydrogens (tertiary/aromatic N) is 3. The summed E-state index contributed by atoms with van der Waals surface area (Å²) in [6.07, 6.45) is 1.65. The number of nitrogens with one attached hydrogen (secondary N) is 1. The largest absolute Gasteiger partial charge is 0.435 e. The Morgan fingerprint density at radius 1 is 1.16 bits per heavy atom. The number of thioether (sulfide) groups is 1. The van der Waals surface area contributed by atoms with E-state index in [0.29, 0.717) is 28.8 Å². The molecular formula is C20H15Cl3F2N4O2S. The molecule has 0 aliphatic heterocycles. The van der Waals surface area contributed by atoms with Gasteiger partial charge in [-0.25, -0.2) is 0 Å². The maximum absolute atomic E-state index is 12.4. The fraction of sp³-hybridized carbons (Fsp3) is 0.150. The van der Waals surface area contributed by atoms with E-state index in [4.69, 9.17) is 34.8 Å². The second-order valence-electron chi connectivity index (χ2n) is 6.19. The summed E-state index contributed by atoms with van der Waals surface area (Å²) in [4.78, 5) is 12.4. The van der Waals surface area contributed by atoms with Gasteiger partial charge in [-0.1, -0.05) is 52.6 Å². The number of amides is 1. The van der Waals surface area contributed by atoms with Crippen LogP contribution in [0, 0.1) is 0 Å². The summed E-state index contributed by atoms with van der Waals surface area (Å²) >= 11 is 19.1. The Hall–Kier alpha value is -2.33. The third kappa shape index (κ3) is 6.13. The van der Waals surface area contributed by atoms with Crippen LogP contribution < -0.4 is 10.1 Å². The zero-order valence-corrected chi connectivity index (χ0v) is 19.3. The summed E-state index contributed by atoms with van der Waals surface area (Å²) in [6.45, 7) is 1.20. The Kier molecular flexibility index (Phi) is 8.36. The molecule has 3 rings (SSSR count). The second-order valence-corrected chi connectivity index (χ2v) is 8.36. The summed E-state index contributed by atoms with van der Waals surface area (Å²) in [6, 6.07) is 8.92. The third-order valence-corrected chi connectivity index (χ3v) is 5.98. The fourth-order valence-corrected chi connectivity index (χ4v) is 3.96. The smallest absolute Gasteiger partial charge is 0.387 e. The van der Waals surface area contributed by atoms with Crippen LogP contribution in [0.1, 0.15) is 0 Å². The zero-order valence-electron chi connectivity index (χ0n) is 16.2. The molecule has 0 atom stereocenters. The lowest BCUT2D eigenvalue weighted by molar-refractivity contribution is -0.113. The molecule has 2 aromatic carbocycles. The predicted molar refractivity (Wildman–Crippen MR) is 123 cm³/mol. The van der Waals surface area contributed by atoms with Gasteiger partial charge in [0.05, 0.1) is 26.5 Å². The molecule has 6 nitrogen and oxygen atoms in total. The minimum atomic E-state index is -2.90. The molecular weight excluding hydrogens is 505 g/mol. The SMILES string of the molecule is C=CCn1c(SCC(=O)Nc2cc(Cl)c(Cl)cc2Cl)nnc1-c1ccc(OC(F)F)cc1. The first-order chi connectivity index (χ1) is 15.3. The Balaban J connectivity index is 1.72. The van der Waals surface area contributed by atoms with Crippen molar-refractivity contribution in [3.63, 3.8) is 0 Å². The van der Waals surface area contributed by atoms with Gasteiger partial charge in [-0.05, 0) is 36.4 Å². The van der Waals surface area contributed by atoms with E-state index in [2.05, 4.69) is 26.8 Å². The summed E-state index contributed by atoms with van der Waals surface area (Å²) in [5.74, 6) is 0.209. The van der Waals surface area contributed by atoms with Crippen molar-refractivity contribution >= 4 is 58.2 Å². The third-order valence-electron chi connectivity index (χ3n) is 3.98. The molecule has 1 aromatic heterocycles. The maximum Gasteiger partial charge on any atom is 0.387 e. The summed E-state index contributed by atoms with van der Waals surface area (Å²) in [5, 5.41) is 12.2. The van der Waals surface area contributed by atoms with Gasteiger partial charge in [0.25, 0.3) is 0 Å². The van der Waals surface area contributed by atoms with E-state index in [-0.39, 0.29) is 32.5 Å². The topological polar surface area (TPSA) is 69.0 Å². The van der Waals surface area contributed by atoms with Crippen LogP contribution in [-0.4, -0.2) is 33.0 Å². The number of ether oxygens (including phenoxy) is 1. The number of carbonyl (C=O) groups is 1. The second kappa shape index (κ2) is 11.0. The van der Waals surface area contributed by atoms with Gasteiger partial charge in [-0.15, -0.1) is 16.8 Å². The quantitative estimate of drug-likeness (QED) is 0.201. The molecule has 32 heavy (non-hydrogen) atoms. The summed E-state index contributed by atoms with van der Waals surface area (Å²) in [5.41, 5.74) is 0.978. The molecule has 0 unspecified atom stereocenters. The average molecular weight is 520 g/mol. The van der Waals surface area contributed by atoms with Gasteiger partial charge in [0.2, 0.25) is 5.91 Å². The van der Waals surface area contributed by atoms with Crippen LogP contribution in [0.5, 0.6) is 5.75 Å². The van der Waals surface area contributed by atoms with Crippen LogP contribution in [0.25, 0.3) is 11.4 Å². The highest BCUT2D eigenvalue weighted by atomic mass is 35.5. The molecule has 1 amide bonds. The molecule has 1 N–H and O–H groups in total. The highest BCUT2D eigenvalue weighted by Crippen LogP contribution is 2.32. The van der Waals surface area contributed by atoms with E-state index in [1.165, 1.54) is 24.3 Å². The van der Waals surface area contributed by atoms with Gasteiger partial charge in [0.15, 0.2) is 11.0 Å². The molecule has 168 valence electrons. The molecule has 0 fully saturated rings. The van der Waals surface area contributed by atoms with E-state index < -0.39 is 6.61 Å². The predicted octanol–water partition coefficient (Wildman–Crippen LogP) is 6.42. The number of aromatic nitrogens is 3. The van der Waals surface area contributed by atoms with Crippen molar-refractivity contribution in [2.75, 3.05) is 11.1 Å².